The van der Waals surface area contributed by atoms with Crippen LogP contribution >= 0.6 is 0 Å². The predicted molar refractivity (Wildman–Crippen MR) is 62.7 cm³/mol. The van der Waals surface area contributed by atoms with Gasteiger partial charge >= 0.3 is 0 Å². The second-order valence-electron chi connectivity index (χ2n) is 3.74. The molecule has 0 aromatic heterocycles. The van der Waals surface area contributed by atoms with E-state index in [4.69, 9.17) is 10.00 Å². The first-order valence-corrected chi connectivity index (χ1v) is 5.49. The van der Waals surface area contributed by atoms with Gasteiger partial charge in [0, 0.05) is 6.54 Å². The predicted octanol–water partition coefficient (Wildman–Crippen LogP) is 1.64. The largest absolute Gasteiger partial charge is 0.379 e. The topological polar surface area (TPSA) is 62.1 Å². The third-order valence-corrected chi connectivity index (χ3v) is 2.45. The van der Waals surface area contributed by atoms with Crippen molar-refractivity contribution in [2.45, 2.75) is 26.7 Å². The van der Waals surface area contributed by atoms with Gasteiger partial charge in [-0.2, -0.15) is 5.26 Å². The first-order chi connectivity index (χ1) is 7.60. The molecule has 0 aliphatic carbocycles. The van der Waals surface area contributed by atoms with Crippen molar-refractivity contribution in [3.05, 3.63) is 12.7 Å². The van der Waals surface area contributed by atoms with E-state index in [1.165, 1.54) is 0 Å². The molecular weight excluding hydrogens is 204 g/mol. The molecule has 0 fully saturated rings. The number of carbonyl (C=O) groups is 1. The highest BCUT2D eigenvalue weighted by atomic mass is 16.5. The number of carbonyl (C=O) groups excluding carboxylic acids is 1. The molecule has 90 valence electrons. The zero-order valence-electron chi connectivity index (χ0n) is 10.1. The van der Waals surface area contributed by atoms with Gasteiger partial charge in [-0.05, 0) is 19.8 Å². The van der Waals surface area contributed by atoms with Crippen molar-refractivity contribution >= 4 is 5.91 Å². The second kappa shape index (κ2) is 7.89. The van der Waals surface area contributed by atoms with Gasteiger partial charge in [-0.3, -0.25) is 4.79 Å². The van der Waals surface area contributed by atoms with Gasteiger partial charge in [0.25, 0.3) is 0 Å². The fourth-order valence-electron chi connectivity index (χ4n) is 0.991. The summed E-state index contributed by atoms with van der Waals surface area (Å²) in [7, 11) is 0. The summed E-state index contributed by atoms with van der Waals surface area (Å²) >= 11 is 0. The first-order valence-electron chi connectivity index (χ1n) is 5.49. The number of ether oxygens (including phenoxy) is 1. The zero-order chi connectivity index (χ0) is 12.4. The van der Waals surface area contributed by atoms with E-state index < -0.39 is 5.41 Å². The van der Waals surface area contributed by atoms with Crippen LogP contribution in [0.5, 0.6) is 0 Å². The van der Waals surface area contributed by atoms with Gasteiger partial charge in [-0.15, -0.1) is 6.58 Å². The van der Waals surface area contributed by atoms with Gasteiger partial charge in [-0.25, -0.2) is 0 Å². The van der Waals surface area contributed by atoms with Crippen molar-refractivity contribution in [1.29, 1.82) is 5.26 Å². The maximum Gasteiger partial charge on any atom is 0.240 e. The van der Waals surface area contributed by atoms with E-state index in [1.807, 2.05) is 13.0 Å². The van der Waals surface area contributed by atoms with E-state index in [1.54, 1.807) is 13.0 Å². The first kappa shape index (κ1) is 14.7. The van der Waals surface area contributed by atoms with Crippen LogP contribution in [0.1, 0.15) is 26.7 Å². The third-order valence-electron chi connectivity index (χ3n) is 2.45. The molecule has 0 aliphatic heterocycles. The van der Waals surface area contributed by atoms with Gasteiger partial charge in [0.15, 0.2) is 0 Å². The molecule has 1 amide bonds. The van der Waals surface area contributed by atoms with Crippen LogP contribution < -0.4 is 5.32 Å². The summed E-state index contributed by atoms with van der Waals surface area (Å²) in [6, 6.07) is 2.02. The molecule has 0 heterocycles. The molecule has 1 atom stereocenters. The summed E-state index contributed by atoms with van der Waals surface area (Å²) in [5.74, 6) is -0.232. The van der Waals surface area contributed by atoms with Gasteiger partial charge in [0.2, 0.25) is 5.91 Å². The number of nitrogens with one attached hydrogen (secondary N) is 1. The van der Waals surface area contributed by atoms with Gasteiger partial charge in [0.1, 0.15) is 5.41 Å². The number of hydrogen-bond acceptors (Lipinski definition) is 3. The van der Waals surface area contributed by atoms with Crippen LogP contribution in [-0.2, 0) is 9.53 Å². The standard InChI is InChI=1S/C12H20N2O2/c1-4-6-8-16-9-7-14-11(15)12(3,5-2)10-13/h4H,1,5-9H2,2-3H3,(H,14,15). The molecule has 4 nitrogen and oxygen atoms in total. The Bertz CT molecular complexity index is 271. The van der Waals surface area contributed by atoms with Crippen LogP contribution in [-0.4, -0.2) is 25.7 Å². The Morgan fingerprint density at radius 3 is 2.81 bits per heavy atom. The van der Waals surface area contributed by atoms with E-state index in [-0.39, 0.29) is 5.91 Å². The highest BCUT2D eigenvalue weighted by Crippen LogP contribution is 2.19. The van der Waals surface area contributed by atoms with Crippen molar-refractivity contribution < 1.29 is 9.53 Å². The van der Waals surface area contributed by atoms with Gasteiger partial charge in [-0.1, -0.05) is 13.0 Å². The second-order valence-corrected chi connectivity index (χ2v) is 3.74. The lowest BCUT2D eigenvalue weighted by Crippen LogP contribution is -2.39. The molecule has 0 rings (SSSR count). The minimum absolute atomic E-state index is 0.232. The lowest BCUT2D eigenvalue weighted by Gasteiger charge is -2.18. The van der Waals surface area contributed by atoms with Crippen LogP contribution in [0.2, 0.25) is 0 Å². The summed E-state index contributed by atoms with van der Waals surface area (Å²) in [6.07, 6.45) is 3.09. The Morgan fingerprint density at radius 2 is 2.31 bits per heavy atom. The van der Waals surface area contributed by atoms with Crippen molar-refractivity contribution in [1.82, 2.24) is 5.32 Å². The Morgan fingerprint density at radius 1 is 1.62 bits per heavy atom. The van der Waals surface area contributed by atoms with Crippen molar-refractivity contribution in [3.63, 3.8) is 0 Å². The highest BCUT2D eigenvalue weighted by molar-refractivity contribution is 5.84. The Labute approximate surface area is 97.3 Å². The minimum Gasteiger partial charge on any atom is -0.379 e. The molecule has 0 spiro atoms. The van der Waals surface area contributed by atoms with Crippen LogP contribution in [0.15, 0.2) is 12.7 Å². The van der Waals surface area contributed by atoms with Gasteiger partial charge in [0.05, 0.1) is 19.3 Å². The Balaban J connectivity index is 3.74. The molecule has 4 heteroatoms. The maximum absolute atomic E-state index is 11.6. The van der Waals surface area contributed by atoms with Crippen LogP contribution in [0.3, 0.4) is 0 Å². The lowest BCUT2D eigenvalue weighted by molar-refractivity contribution is -0.127. The van der Waals surface area contributed by atoms with Crippen molar-refractivity contribution in [2.24, 2.45) is 5.41 Å². The average Bonchev–Trinajstić information content (AvgIpc) is 2.32. The molecule has 0 aromatic carbocycles. The molecule has 0 saturated heterocycles. The number of amides is 1. The molecular formula is C12H20N2O2. The molecule has 16 heavy (non-hydrogen) atoms. The fraction of sp³-hybridized carbons (Fsp3) is 0.667. The summed E-state index contributed by atoms with van der Waals surface area (Å²) in [5, 5.41) is 11.6. The van der Waals surface area contributed by atoms with Gasteiger partial charge < -0.3 is 10.1 Å². The molecule has 0 saturated carbocycles. The molecule has 1 unspecified atom stereocenters. The smallest absolute Gasteiger partial charge is 0.240 e. The highest BCUT2D eigenvalue weighted by Gasteiger charge is 2.30. The minimum atomic E-state index is -0.929. The van der Waals surface area contributed by atoms with E-state index >= 15 is 0 Å². The van der Waals surface area contributed by atoms with Crippen molar-refractivity contribution in [2.75, 3.05) is 19.8 Å². The summed E-state index contributed by atoms with van der Waals surface area (Å²) in [6.45, 7) is 8.55. The quantitative estimate of drug-likeness (QED) is 0.503. The maximum atomic E-state index is 11.6. The number of nitrogens with zero attached hydrogens (tertiary/aromatic N) is 1. The lowest BCUT2D eigenvalue weighted by atomic mass is 9.88. The summed E-state index contributed by atoms with van der Waals surface area (Å²) in [4.78, 5) is 11.6. The molecule has 0 radical (unpaired) electrons. The summed E-state index contributed by atoms with van der Waals surface area (Å²) < 4.78 is 5.24. The van der Waals surface area contributed by atoms with Crippen LogP contribution in [0.25, 0.3) is 0 Å². The fourth-order valence-corrected chi connectivity index (χ4v) is 0.991. The number of hydrogen-bond donors (Lipinski definition) is 1. The third kappa shape index (κ3) is 4.94. The SMILES string of the molecule is C=CCCOCCNC(=O)C(C)(C#N)CC. The Kier molecular flexibility index (Phi) is 7.23. The number of rotatable bonds is 8. The molecule has 1 N–H and O–H groups in total. The average molecular weight is 224 g/mol. The van der Waals surface area contributed by atoms with Crippen molar-refractivity contribution in [3.8, 4) is 6.07 Å². The summed E-state index contributed by atoms with van der Waals surface area (Å²) in [5.41, 5.74) is -0.929. The molecule has 0 aromatic rings. The monoisotopic (exact) mass is 224 g/mol. The normalized spacial score (nSPS) is 13.6. The van der Waals surface area contributed by atoms with Crippen LogP contribution in [0.4, 0.5) is 0 Å². The zero-order valence-corrected chi connectivity index (χ0v) is 10.1. The van der Waals surface area contributed by atoms with E-state index in [0.717, 1.165) is 6.42 Å². The molecule has 0 bridgehead atoms. The molecule has 0 aliphatic rings. The van der Waals surface area contributed by atoms with E-state index in [0.29, 0.717) is 26.2 Å². The Hall–Kier alpha value is -1.34. The van der Waals surface area contributed by atoms with E-state index in [9.17, 15) is 4.79 Å². The van der Waals surface area contributed by atoms with Crippen LogP contribution in [0, 0.1) is 16.7 Å². The van der Waals surface area contributed by atoms with E-state index in [2.05, 4.69) is 11.9 Å². The number of nitriles is 1.